The Labute approximate surface area is 166 Å². The SMILES string of the molecule is CC(C)(C)OC(=O)Nc1ccc(CC2(C(=O)OC(C)(C)C)CCCC2=O)cn1. The molecular weight excluding hydrogens is 360 g/mol. The number of carbonyl (C=O) groups excluding carboxylic acids is 3. The lowest BCUT2D eigenvalue weighted by Gasteiger charge is -2.30. The van der Waals surface area contributed by atoms with E-state index in [-0.39, 0.29) is 12.2 Å². The summed E-state index contributed by atoms with van der Waals surface area (Å²) in [5.74, 6) is -0.224. The van der Waals surface area contributed by atoms with Crippen molar-refractivity contribution in [1.82, 2.24) is 4.98 Å². The summed E-state index contributed by atoms with van der Waals surface area (Å²) >= 11 is 0. The van der Waals surface area contributed by atoms with Gasteiger partial charge >= 0.3 is 12.1 Å². The molecular formula is C21H30N2O5. The van der Waals surface area contributed by atoms with E-state index in [0.29, 0.717) is 25.1 Å². The van der Waals surface area contributed by atoms with Crippen molar-refractivity contribution in [2.24, 2.45) is 5.41 Å². The highest BCUT2D eigenvalue weighted by atomic mass is 16.6. The van der Waals surface area contributed by atoms with E-state index in [1.807, 2.05) is 0 Å². The zero-order valence-electron chi connectivity index (χ0n) is 17.5. The highest BCUT2D eigenvalue weighted by Gasteiger charge is 2.50. The molecule has 0 bridgehead atoms. The molecule has 1 aliphatic carbocycles. The number of nitrogens with zero attached hydrogens (tertiary/aromatic N) is 1. The first-order valence-corrected chi connectivity index (χ1v) is 9.52. The Hall–Kier alpha value is -2.44. The fraction of sp³-hybridized carbons (Fsp3) is 0.619. The minimum atomic E-state index is -1.16. The fourth-order valence-electron chi connectivity index (χ4n) is 3.14. The van der Waals surface area contributed by atoms with Gasteiger partial charge in [0.1, 0.15) is 22.4 Å². The second-order valence-electron chi connectivity index (χ2n) is 9.22. The van der Waals surface area contributed by atoms with Crippen LogP contribution in [0.4, 0.5) is 10.6 Å². The molecule has 0 saturated heterocycles. The summed E-state index contributed by atoms with van der Waals surface area (Å²) in [5, 5.41) is 2.56. The maximum absolute atomic E-state index is 12.8. The number of pyridine rings is 1. The van der Waals surface area contributed by atoms with Gasteiger partial charge in [-0.2, -0.15) is 0 Å². The van der Waals surface area contributed by atoms with Crippen LogP contribution in [0, 0.1) is 5.41 Å². The van der Waals surface area contributed by atoms with Crippen molar-refractivity contribution in [3.63, 3.8) is 0 Å². The predicted octanol–water partition coefficient (Wildman–Crippen LogP) is 4.05. The van der Waals surface area contributed by atoms with Crippen molar-refractivity contribution in [1.29, 1.82) is 0 Å². The van der Waals surface area contributed by atoms with Crippen molar-refractivity contribution in [3.8, 4) is 0 Å². The second-order valence-corrected chi connectivity index (χ2v) is 9.22. The highest BCUT2D eigenvalue weighted by molar-refractivity contribution is 6.05. The molecule has 1 atom stereocenters. The van der Waals surface area contributed by atoms with E-state index in [1.54, 1.807) is 59.9 Å². The molecule has 1 saturated carbocycles. The van der Waals surface area contributed by atoms with Gasteiger partial charge in [0.05, 0.1) is 0 Å². The Balaban J connectivity index is 2.12. The predicted molar refractivity (Wildman–Crippen MR) is 105 cm³/mol. The Morgan fingerprint density at radius 2 is 1.75 bits per heavy atom. The number of ether oxygens (including phenoxy) is 2. The lowest BCUT2D eigenvalue weighted by atomic mass is 9.79. The van der Waals surface area contributed by atoms with Crippen LogP contribution in [0.25, 0.3) is 0 Å². The molecule has 1 aromatic heterocycles. The van der Waals surface area contributed by atoms with Gasteiger partial charge in [0.15, 0.2) is 5.78 Å². The lowest BCUT2D eigenvalue weighted by molar-refractivity contribution is -0.169. The molecule has 1 aliphatic rings. The third kappa shape index (κ3) is 5.78. The molecule has 7 nitrogen and oxygen atoms in total. The van der Waals surface area contributed by atoms with Crippen LogP contribution in [0.15, 0.2) is 18.3 Å². The first kappa shape index (κ1) is 21.9. The number of carbonyl (C=O) groups is 3. The number of amides is 1. The topological polar surface area (TPSA) is 94.6 Å². The molecule has 1 fully saturated rings. The number of ketones is 1. The van der Waals surface area contributed by atoms with E-state index >= 15 is 0 Å². The van der Waals surface area contributed by atoms with Gasteiger partial charge in [0, 0.05) is 12.6 Å². The van der Waals surface area contributed by atoms with Crippen LogP contribution in [0.2, 0.25) is 0 Å². The Morgan fingerprint density at radius 3 is 2.21 bits per heavy atom. The number of esters is 1. The van der Waals surface area contributed by atoms with Gasteiger partial charge in [-0.1, -0.05) is 6.07 Å². The number of hydrogen-bond donors (Lipinski definition) is 1. The first-order chi connectivity index (χ1) is 12.8. The van der Waals surface area contributed by atoms with Crippen molar-refractivity contribution in [2.75, 3.05) is 5.32 Å². The van der Waals surface area contributed by atoms with Gasteiger partial charge in [-0.05, 0) is 72.4 Å². The number of rotatable bonds is 4. The van der Waals surface area contributed by atoms with E-state index in [1.165, 1.54) is 0 Å². The van der Waals surface area contributed by atoms with E-state index in [2.05, 4.69) is 10.3 Å². The molecule has 154 valence electrons. The zero-order valence-corrected chi connectivity index (χ0v) is 17.5. The van der Waals surface area contributed by atoms with Crippen LogP contribution in [0.5, 0.6) is 0 Å². The molecule has 1 aromatic rings. The van der Waals surface area contributed by atoms with Gasteiger partial charge in [-0.25, -0.2) is 9.78 Å². The van der Waals surface area contributed by atoms with E-state index in [9.17, 15) is 14.4 Å². The largest absolute Gasteiger partial charge is 0.459 e. The molecule has 28 heavy (non-hydrogen) atoms. The van der Waals surface area contributed by atoms with Crippen molar-refractivity contribution in [2.45, 2.75) is 78.4 Å². The van der Waals surface area contributed by atoms with Gasteiger partial charge in [-0.15, -0.1) is 0 Å². The average Bonchev–Trinajstić information content (AvgIpc) is 2.88. The maximum Gasteiger partial charge on any atom is 0.413 e. The van der Waals surface area contributed by atoms with Crippen LogP contribution >= 0.6 is 0 Å². The average molecular weight is 390 g/mol. The molecule has 1 heterocycles. The summed E-state index contributed by atoms with van der Waals surface area (Å²) in [6.45, 7) is 10.7. The van der Waals surface area contributed by atoms with Crippen molar-refractivity contribution >= 4 is 23.7 Å². The smallest absolute Gasteiger partial charge is 0.413 e. The fourth-order valence-corrected chi connectivity index (χ4v) is 3.14. The van der Waals surface area contributed by atoms with Gasteiger partial charge < -0.3 is 9.47 Å². The molecule has 0 aliphatic heterocycles. The summed E-state index contributed by atoms with van der Waals surface area (Å²) in [7, 11) is 0. The number of nitrogens with one attached hydrogen (secondary N) is 1. The minimum absolute atomic E-state index is 0.0855. The minimum Gasteiger partial charge on any atom is -0.459 e. The van der Waals surface area contributed by atoms with Crippen LogP contribution in [-0.2, 0) is 25.5 Å². The Kier molecular flexibility index (Phi) is 6.16. The normalized spacial score (nSPS) is 20.0. The van der Waals surface area contributed by atoms with E-state index < -0.39 is 28.7 Å². The molecule has 1 unspecified atom stereocenters. The van der Waals surface area contributed by atoms with Crippen molar-refractivity contribution in [3.05, 3.63) is 23.9 Å². The van der Waals surface area contributed by atoms with E-state index in [4.69, 9.17) is 9.47 Å². The van der Waals surface area contributed by atoms with E-state index in [0.717, 1.165) is 5.56 Å². The maximum atomic E-state index is 12.8. The number of aromatic nitrogens is 1. The zero-order chi connectivity index (χ0) is 21.2. The molecule has 1 N–H and O–H groups in total. The van der Waals surface area contributed by atoms with Crippen molar-refractivity contribution < 1.29 is 23.9 Å². The molecule has 1 amide bonds. The number of hydrogen-bond acceptors (Lipinski definition) is 6. The summed E-state index contributed by atoms with van der Waals surface area (Å²) < 4.78 is 10.7. The quantitative estimate of drug-likeness (QED) is 0.615. The third-order valence-electron chi connectivity index (χ3n) is 4.29. The highest BCUT2D eigenvalue weighted by Crippen LogP contribution is 2.40. The van der Waals surface area contributed by atoms with Gasteiger partial charge in [0.25, 0.3) is 0 Å². The third-order valence-corrected chi connectivity index (χ3v) is 4.29. The molecule has 0 aromatic carbocycles. The summed E-state index contributed by atoms with van der Waals surface area (Å²) in [6.07, 6.45) is 2.72. The molecule has 0 radical (unpaired) electrons. The lowest BCUT2D eigenvalue weighted by Crippen LogP contribution is -2.42. The molecule has 2 rings (SSSR count). The monoisotopic (exact) mass is 390 g/mol. The first-order valence-electron chi connectivity index (χ1n) is 9.52. The van der Waals surface area contributed by atoms with Crippen LogP contribution in [0.3, 0.4) is 0 Å². The van der Waals surface area contributed by atoms with Crippen LogP contribution in [-0.4, -0.2) is 34.0 Å². The number of anilines is 1. The summed E-state index contributed by atoms with van der Waals surface area (Å²) in [4.78, 5) is 41.4. The molecule has 7 heteroatoms. The molecule has 0 spiro atoms. The van der Waals surface area contributed by atoms with Gasteiger partial charge in [-0.3, -0.25) is 14.9 Å². The Bertz CT molecular complexity index is 744. The summed E-state index contributed by atoms with van der Waals surface area (Å²) in [6, 6.07) is 3.37. The second kappa shape index (κ2) is 7.89. The van der Waals surface area contributed by atoms with Crippen LogP contribution < -0.4 is 5.32 Å². The van der Waals surface area contributed by atoms with Gasteiger partial charge in [0.2, 0.25) is 0 Å². The van der Waals surface area contributed by atoms with Crippen LogP contribution in [0.1, 0.15) is 66.4 Å². The Morgan fingerprint density at radius 1 is 1.11 bits per heavy atom. The summed E-state index contributed by atoms with van der Waals surface area (Å²) in [5.41, 5.74) is -1.69. The number of Topliss-reactive ketones (excluding diaryl/α,β-unsaturated/α-hetero) is 1. The standard InChI is InChI=1S/C21H30N2O5/c1-19(2,3)27-17(25)21(11-7-8-15(21)24)12-14-9-10-16(22-13-14)23-18(26)28-20(4,5)6/h9-10,13H,7-8,11-12H2,1-6H3,(H,22,23,26).